The normalized spacial score (nSPS) is 12.8. The first-order valence-corrected chi connectivity index (χ1v) is 10.5. The average Bonchev–Trinajstić information content (AvgIpc) is 3.34. The van der Waals surface area contributed by atoms with Crippen molar-refractivity contribution in [3.05, 3.63) is 83.9 Å². The molecule has 8 nitrogen and oxygen atoms in total. The lowest BCUT2D eigenvalue weighted by Crippen LogP contribution is -2.36. The molecular formula is C26H24N2O6. The second-order valence-electron chi connectivity index (χ2n) is 7.38. The van der Waals surface area contributed by atoms with E-state index in [1.54, 1.807) is 81.0 Å². The molecule has 3 aromatic rings. The SMILES string of the molecule is COc1ccc(NC(=O)C(NC(=O)/C=C\c2ccc3c(c2)OCO3)c2ccc(OC)cc2)cc1. The fraction of sp³-hybridized carbons (Fsp3) is 0.154. The molecule has 2 amide bonds. The summed E-state index contributed by atoms with van der Waals surface area (Å²) >= 11 is 0. The number of hydrogen-bond acceptors (Lipinski definition) is 6. The average molecular weight is 460 g/mol. The van der Waals surface area contributed by atoms with E-state index in [2.05, 4.69) is 10.6 Å². The maximum atomic E-state index is 13.1. The van der Waals surface area contributed by atoms with Crippen molar-refractivity contribution in [1.29, 1.82) is 0 Å². The first kappa shape index (κ1) is 22.7. The summed E-state index contributed by atoms with van der Waals surface area (Å²) in [4.78, 5) is 25.8. The fourth-order valence-corrected chi connectivity index (χ4v) is 3.36. The van der Waals surface area contributed by atoms with Crippen LogP contribution in [0.5, 0.6) is 23.0 Å². The zero-order chi connectivity index (χ0) is 23.9. The maximum Gasteiger partial charge on any atom is 0.251 e. The van der Waals surface area contributed by atoms with E-state index in [0.29, 0.717) is 34.2 Å². The maximum absolute atomic E-state index is 13.1. The summed E-state index contributed by atoms with van der Waals surface area (Å²) in [5.41, 5.74) is 1.95. The first-order valence-electron chi connectivity index (χ1n) is 10.5. The van der Waals surface area contributed by atoms with Crippen LogP contribution in [-0.4, -0.2) is 32.8 Å². The molecule has 2 N–H and O–H groups in total. The van der Waals surface area contributed by atoms with Crippen molar-refractivity contribution in [2.75, 3.05) is 26.3 Å². The van der Waals surface area contributed by atoms with Crippen LogP contribution in [0.25, 0.3) is 6.08 Å². The van der Waals surface area contributed by atoms with Crippen LogP contribution >= 0.6 is 0 Å². The molecule has 1 heterocycles. The number of amides is 2. The second-order valence-corrected chi connectivity index (χ2v) is 7.38. The summed E-state index contributed by atoms with van der Waals surface area (Å²) in [6.45, 7) is 0.176. The molecule has 0 saturated heterocycles. The third-order valence-electron chi connectivity index (χ3n) is 5.18. The van der Waals surface area contributed by atoms with E-state index in [4.69, 9.17) is 18.9 Å². The summed E-state index contributed by atoms with van der Waals surface area (Å²) < 4.78 is 21.0. The number of anilines is 1. The minimum Gasteiger partial charge on any atom is -0.497 e. The molecule has 0 fully saturated rings. The van der Waals surface area contributed by atoms with Gasteiger partial charge in [0, 0.05) is 11.8 Å². The van der Waals surface area contributed by atoms with Crippen molar-refractivity contribution in [2.24, 2.45) is 0 Å². The Balaban J connectivity index is 1.50. The van der Waals surface area contributed by atoms with Crippen molar-refractivity contribution in [3.8, 4) is 23.0 Å². The molecule has 174 valence electrons. The number of methoxy groups -OCH3 is 2. The van der Waals surface area contributed by atoms with E-state index >= 15 is 0 Å². The lowest BCUT2D eigenvalue weighted by molar-refractivity contribution is -0.123. The predicted molar refractivity (Wildman–Crippen MR) is 127 cm³/mol. The number of benzene rings is 3. The van der Waals surface area contributed by atoms with Crippen LogP contribution < -0.4 is 29.6 Å². The molecule has 0 spiro atoms. The highest BCUT2D eigenvalue weighted by Gasteiger charge is 2.22. The van der Waals surface area contributed by atoms with Crippen LogP contribution in [0.3, 0.4) is 0 Å². The molecule has 1 aliphatic rings. The van der Waals surface area contributed by atoms with Crippen molar-refractivity contribution < 1.29 is 28.5 Å². The molecule has 3 aromatic carbocycles. The summed E-state index contributed by atoms with van der Waals surface area (Å²) in [6.07, 6.45) is 3.01. The van der Waals surface area contributed by atoms with Crippen LogP contribution in [0.15, 0.2) is 72.8 Å². The molecule has 0 saturated carbocycles. The number of rotatable bonds is 8. The smallest absolute Gasteiger partial charge is 0.251 e. The van der Waals surface area contributed by atoms with Gasteiger partial charge in [-0.05, 0) is 65.7 Å². The van der Waals surface area contributed by atoms with Crippen LogP contribution in [0, 0.1) is 0 Å². The van der Waals surface area contributed by atoms with E-state index in [0.717, 1.165) is 5.56 Å². The molecule has 0 aliphatic carbocycles. The van der Waals surface area contributed by atoms with Gasteiger partial charge in [-0.1, -0.05) is 18.2 Å². The molecule has 34 heavy (non-hydrogen) atoms. The quantitative estimate of drug-likeness (QED) is 0.495. The molecule has 1 unspecified atom stereocenters. The van der Waals surface area contributed by atoms with Gasteiger partial charge in [0.25, 0.3) is 5.91 Å². The predicted octanol–water partition coefficient (Wildman–Crippen LogP) is 3.94. The lowest BCUT2D eigenvalue weighted by Gasteiger charge is -2.18. The number of carbonyl (C=O) groups is 2. The number of carbonyl (C=O) groups excluding carboxylic acids is 2. The Kier molecular flexibility index (Phi) is 6.98. The van der Waals surface area contributed by atoms with E-state index < -0.39 is 11.9 Å². The van der Waals surface area contributed by atoms with E-state index in [1.165, 1.54) is 6.08 Å². The zero-order valence-corrected chi connectivity index (χ0v) is 18.7. The Bertz CT molecular complexity index is 1190. The van der Waals surface area contributed by atoms with Gasteiger partial charge in [-0.2, -0.15) is 0 Å². The van der Waals surface area contributed by atoms with Crippen LogP contribution in [-0.2, 0) is 9.59 Å². The Morgan fingerprint density at radius 2 is 1.53 bits per heavy atom. The number of hydrogen-bond donors (Lipinski definition) is 2. The monoisotopic (exact) mass is 460 g/mol. The van der Waals surface area contributed by atoms with Gasteiger partial charge in [-0.15, -0.1) is 0 Å². The summed E-state index contributed by atoms with van der Waals surface area (Å²) in [7, 11) is 3.13. The van der Waals surface area contributed by atoms with Crippen LogP contribution in [0.2, 0.25) is 0 Å². The Labute approximate surface area is 197 Å². The van der Waals surface area contributed by atoms with Crippen molar-refractivity contribution >= 4 is 23.6 Å². The van der Waals surface area contributed by atoms with Crippen molar-refractivity contribution in [3.63, 3.8) is 0 Å². The zero-order valence-electron chi connectivity index (χ0n) is 18.7. The Hall–Kier alpha value is -4.46. The largest absolute Gasteiger partial charge is 0.497 e. The van der Waals surface area contributed by atoms with E-state index in [-0.39, 0.29) is 12.7 Å². The number of ether oxygens (including phenoxy) is 4. The fourth-order valence-electron chi connectivity index (χ4n) is 3.36. The van der Waals surface area contributed by atoms with Crippen molar-refractivity contribution in [1.82, 2.24) is 5.32 Å². The first-order chi connectivity index (χ1) is 16.6. The summed E-state index contributed by atoms with van der Waals surface area (Å²) in [5.74, 6) is 1.79. The minimum absolute atomic E-state index is 0.176. The molecule has 4 rings (SSSR count). The van der Waals surface area contributed by atoms with Gasteiger partial charge in [0.15, 0.2) is 11.5 Å². The molecule has 0 bridgehead atoms. The number of nitrogens with one attached hydrogen (secondary N) is 2. The third kappa shape index (κ3) is 5.47. The Morgan fingerprint density at radius 1 is 0.882 bits per heavy atom. The summed E-state index contributed by atoms with van der Waals surface area (Å²) in [6, 6.07) is 18.3. The molecular weight excluding hydrogens is 436 g/mol. The van der Waals surface area contributed by atoms with Gasteiger partial charge in [-0.3, -0.25) is 9.59 Å². The number of fused-ring (bicyclic) bond motifs is 1. The van der Waals surface area contributed by atoms with E-state index in [1.807, 2.05) is 6.07 Å². The van der Waals surface area contributed by atoms with Gasteiger partial charge >= 0.3 is 0 Å². The van der Waals surface area contributed by atoms with E-state index in [9.17, 15) is 9.59 Å². The minimum atomic E-state index is -0.929. The van der Waals surface area contributed by atoms with Gasteiger partial charge in [0.05, 0.1) is 14.2 Å². The van der Waals surface area contributed by atoms with Gasteiger partial charge < -0.3 is 29.6 Å². The molecule has 1 aliphatic heterocycles. The standard InChI is InChI=1S/C26H24N2O6/c1-31-20-9-5-18(6-10-20)25(26(30)27-19-7-11-21(32-2)12-8-19)28-24(29)14-4-17-3-13-22-23(15-17)34-16-33-22/h3-15,25H,16H2,1-2H3,(H,27,30)(H,28,29)/b14-4-. The molecule has 0 radical (unpaired) electrons. The van der Waals surface area contributed by atoms with Crippen LogP contribution in [0.1, 0.15) is 17.2 Å². The highest BCUT2D eigenvalue weighted by Crippen LogP contribution is 2.32. The highest BCUT2D eigenvalue weighted by molar-refractivity contribution is 6.00. The highest BCUT2D eigenvalue weighted by atomic mass is 16.7. The van der Waals surface area contributed by atoms with Gasteiger partial charge in [-0.25, -0.2) is 0 Å². The van der Waals surface area contributed by atoms with Gasteiger partial charge in [0.2, 0.25) is 12.7 Å². The topological polar surface area (TPSA) is 95.1 Å². The van der Waals surface area contributed by atoms with Crippen LogP contribution in [0.4, 0.5) is 5.69 Å². The Morgan fingerprint density at radius 3 is 2.21 bits per heavy atom. The lowest BCUT2D eigenvalue weighted by atomic mass is 10.1. The third-order valence-corrected chi connectivity index (χ3v) is 5.18. The second kappa shape index (κ2) is 10.4. The molecule has 1 atom stereocenters. The summed E-state index contributed by atoms with van der Waals surface area (Å²) in [5, 5.41) is 5.61. The van der Waals surface area contributed by atoms with Gasteiger partial charge in [0.1, 0.15) is 17.5 Å². The van der Waals surface area contributed by atoms with Crippen molar-refractivity contribution in [2.45, 2.75) is 6.04 Å². The molecule has 8 heteroatoms. The molecule has 0 aromatic heterocycles.